The minimum Gasteiger partial charge on any atom is -0.494 e. The number of aromatic nitrogens is 3. The lowest BCUT2D eigenvalue weighted by atomic mass is 9.93. The molecule has 4 rings (SSSR count). The lowest BCUT2D eigenvalue weighted by Gasteiger charge is -2.28. The first-order valence-corrected chi connectivity index (χ1v) is 11.9. The van der Waals surface area contributed by atoms with Gasteiger partial charge in [0.1, 0.15) is 11.8 Å². The quantitative estimate of drug-likeness (QED) is 0.415. The molecule has 2 aromatic carbocycles. The molecule has 1 aliphatic heterocycles. The van der Waals surface area contributed by atoms with E-state index in [0.717, 1.165) is 34.0 Å². The van der Waals surface area contributed by atoms with Crippen LogP contribution in [0.1, 0.15) is 44.4 Å². The van der Waals surface area contributed by atoms with Gasteiger partial charge in [-0.15, -0.1) is 5.10 Å². The highest BCUT2D eigenvalue weighted by atomic mass is 35.5. The zero-order valence-corrected chi connectivity index (χ0v) is 19.8. The zero-order chi connectivity index (χ0) is 22.7. The fourth-order valence-corrected chi connectivity index (χ4v) is 4.80. The Hall–Kier alpha value is -2.77. The SMILES string of the molecule is CCCOc1ccc(C2C(C(C)=O)=C(C)Nc3nc(SCc4ccccc4Cl)nn32)cc1. The fraction of sp³-hybridized carbons (Fsp3) is 0.292. The Morgan fingerprint density at radius 1 is 1.22 bits per heavy atom. The molecule has 0 spiro atoms. The van der Waals surface area contributed by atoms with Gasteiger partial charge in [-0.25, -0.2) is 4.68 Å². The number of hydrogen-bond donors (Lipinski definition) is 1. The molecule has 32 heavy (non-hydrogen) atoms. The molecule has 1 atom stereocenters. The van der Waals surface area contributed by atoms with E-state index in [4.69, 9.17) is 21.4 Å². The molecule has 0 saturated heterocycles. The number of nitrogens with zero attached hydrogens (tertiary/aromatic N) is 3. The Kier molecular flexibility index (Phi) is 6.86. The van der Waals surface area contributed by atoms with Crippen molar-refractivity contribution in [1.29, 1.82) is 0 Å². The number of hydrogen-bond acceptors (Lipinski definition) is 6. The molecule has 3 aromatic rings. The largest absolute Gasteiger partial charge is 0.494 e. The molecule has 0 aliphatic carbocycles. The second-order valence-corrected chi connectivity index (χ2v) is 8.93. The zero-order valence-electron chi connectivity index (χ0n) is 18.3. The number of ketones is 1. The number of rotatable bonds is 8. The van der Waals surface area contributed by atoms with Crippen molar-refractivity contribution >= 4 is 35.1 Å². The maximum Gasteiger partial charge on any atom is 0.227 e. The summed E-state index contributed by atoms with van der Waals surface area (Å²) in [7, 11) is 0. The highest BCUT2D eigenvalue weighted by Crippen LogP contribution is 2.37. The van der Waals surface area contributed by atoms with E-state index in [2.05, 4.69) is 17.2 Å². The van der Waals surface area contributed by atoms with Gasteiger partial charge in [-0.3, -0.25) is 4.79 Å². The van der Waals surface area contributed by atoms with Crippen molar-refractivity contribution in [2.75, 3.05) is 11.9 Å². The van der Waals surface area contributed by atoms with Gasteiger partial charge in [-0.05, 0) is 49.6 Å². The van der Waals surface area contributed by atoms with Crippen molar-refractivity contribution in [3.63, 3.8) is 0 Å². The van der Waals surface area contributed by atoms with Crippen LogP contribution in [0.5, 0.6) is 5.75 Å². The summed E-state index contributed by atoms with van der Waals surface area (Å²) in [4.78, 5) is 17.2. The first-order chi connectivity index (χ1) is 15.5. The van der Waals surface area contributed by atoms with E-state index in [9.17, 15) is 4.79 Å². The third-order valence-corrected chi connectivity index (χ3v) is 6.45. The Morgan fingerprint density at radius 2 is 1.97 bits per heavy atom. The Balaban J connectivity index is 1.65. The fourth-order valence-electron chi connectivity index (χ4n) is 3.68. The average molecular weight is 469 g/mol. The van der Waals surface area contributed by atoms with Crippen LogP contribution >= 0.6 is 23.4 Å². The number of fused-ring (bicyclic) bond motifs is 1. The lowest BCUT2D eigenvalue weighted by Crippen LogP contribution is -2.27. The molecule has 1 N–H and O–H groups in total. The minimum absolute atomic E-state index is 0.00210. The predicted octanol–water partition coefficient (Wildman–Crippen LogP) is 5.89. The molecule has 1 unspecified atom stereocenters. The molecule has 166 valence electrons. The molecule has 0 saturated carbocycles. The van der Waals surface area contributed by atoms with Crippen LogP contribution in [0, 0.1) is 0 Å². The summed E-state index contributed by atoms with van der Waals surface area (Å²) < 4.78 is 7.50. The second-order valence-electron chi connectivity index (χ2n) is 7.58. The van der Waals surface area contributed by atoms with Gasteiger partial charge >= 0.3 is 0 Å². The summed E-state index contributed by atoms with van der Waals surface area (Å²) in [6.07, 6.45) is 0.948. The van der Waals surface area contributed by atoms with Crippen molar-refractivity contribution < 1.29 is 9.53 Å². The molecule has 2 heterocycles. The smallest absolute Gasteiger partial charge is 0.227 e. The molecule has 6 nitrogen and oxygen atoms in total. The number of anilines is 1. The van der Waals surface area contributed by atoms with Gasteiger partial charge in [0.15, 0.2) is 5.78 Å². The number of allylic oxidation sites excluding steroid dienone is 2. The average Bonchev–Trinajstić information content (AvgIpc) is 3.18. The molecule has 1 aliphatic rings. The first kappa shape index (κ1) is 22.4. The van der Waals surface area contributed by atoms with Crippen LogP contribution in [0.25, 0.3) is 0 Å². The van der Waals surface area contributed by atoms with Crippen molar-refractivity contribution in [2.24, 2.45) is 0 Å². The van der Waals surface area contributed by atoms with E-state index in [1.807, 2.05) is 55.5 Å². The number of Topliss-reactive ketones (excluding diaryl/α,β-unsaturated/α-hetero) is 1. The number of nitrogens with one attached hydrogen (secondary N) is 1. The van der Waals surface area contributed by atoms with Crippen LogP contribution in [0.3, 0.4) is 0 Å². The Bertz CT molecular complexity index is 1160. The maximum atomic E-state index is 12.6. The summed E-state index contributed by atoms with van der Waals surface area (Å²) >= 11 is 7.80. The van der Waals surface area contributed by atoms with E-state index in [-0.39, 0.29) is 11.8 Å². The first-order valence-electron chi connectivity index (χ1n) is 10.5. The number of carbonyl (C=O) groups is 1. The molecule has 0 amide bonds. The maximum absolute atomic E-state index is 12.6. The van der Waals surface area contributed by atoms with Gasteiger partial charge < -0.3 is 10.1 Å². The molecule has 0 fully saturated rings. The lowest BCUT2D eigenvalue weighted by molar-refractivity contribution is -0.114. The molecule has 8 heteroatoms. The van der Waals surface area contributed by atoms with E-state index < -0.39 is 0 Å². The van der Waals surface area contributed by atoms with Crippen LogP contribution in [-0.4, -0.2) is 27.2 Å². The Morgan fingerprint density at radius 3 is 2.66 bits per heavy atom. The number of ether oxygens (including phenoxy) is 1. The topological polar surface area (TPSA) is 69.0 Å². The van der Waals surface area contributed by atoms with E-state index in [0.29, 0.717) is 29.0 Å². The van der Waals surface area contributed by atoms with Gasteiger partial charge in [0, 0.05) is 22.0 Å². The molecule has 0 radical (unpaired) electrons. The van der Waals surface area contributed by atoms with Gasteiger partial charge in [0.2, 0.25) is 11.1 Å². The van der Waals surface area contributed by atoms with Crippen LogP contribution in [0.2, 0.25) is 5.02 Å². The summed E-state index contributed by atoms with van der Waals surface area (Å²) in [5, 5.41) is 9.33. The highest BCUT2D eigenvalue weighted by Gasteiger charge is 2.32. The Labute approximate surface area is 197 Å². The molecule has 1 aromatic heterocycles. The third-order valence-electron chi connectivity index (χ3n) is 5.20. The van der Waals surface area contributed by atoms with Crippen LogP contribution < -0.4 is 10.1 Å². The summed E-state index contributed by atoms with van der Waals surface area (Å²) in [5.41, 5.74) is 3.44. The number of thioether (sulfide) groups is 1. The van der Waals surface area contributed by atoms with Crippen molar-refractivity contribution in [2.45, 2.75) is 44.1 Å². The van der Waals surface area contributed by atoms with E-state index >= 15 is 0 Å². The van der Waals surface area contributed by atoms with Crippen LogP contribution in [0.4, 0.5) is 5.95 Å². The van der Waals surface area contributed by atoms with Gasteiger partial charge in [-0.1, -0.05) is 60.6 Å². The van der Waals surface area contributed by atoms with Gasteiger partial charge in [0.25, 0.3) is 0 Å². The standard InChI is InChI=1S/C24H25ClN4O2S/c1-4-13-31-19-11-9-17(10-12-19)22-21(16(3)30)15(2)26-23-27-24(28-29(22)23)32-14-18-7-5-6-8-20(18)25/h5-12,22H,4,13-14H2,1-3H3,(H,26,27,28). The van der Waals surface area contributed by atoms with Crippen molar-refractivity contribution in [3.8, 4) is 5.75 Å². The summed E-state index contributed by atoms with van der Waals surface area (Å²) in [6, 6.07) is 15.2. The van der Waals surface area contributed by atoms with E-state index in [1.54, 1.807) is 11.6 Å². The van der Waals surface area contributed by atoms with Gasteiger partial charge in [-0.2, -0.15) is 4.98 Å². The summed E-state index contributed by atoms with van der Waals surface area (Å²) in [5.74, 6) is 2.08. The number of halogens is 1. The molecular formula is C24H25ClN4O2S. The van der Waals surface area contributed by atoms with Crippen LogP contribution in [-0.2, 0) is 10.5 Å². The van der Waals surface area contributed by atoms with Crippen molar-refractivity contribution in [3.05, 3.63) is 76.0 Å². The van der Waals surface area contributed by atoms with E-state index in [1.165, 1.54) is 11.8 Å². The minimum atomic E-state index is -0.355. The molecular weight excluding hydrogens is 444 g/mol. The third kappa shape index (κ3) is 4.69. The summed E-state index contributed by atoms with van der Waals surface area (Å²) in [6.45, 7) is 6.23. The van der Waals surface area contributed by atoms with Gasteiger partial charge in [0.05, 0.1) is 6.61 Å². The van der Waals surface area contributed by atoms with Crippen molar-refractivity contribution in [1.82, 2.24) is 14.8 Å². The predicted molar refractivity (Wildman–Crippen MR) is 128 cm³/mol. The second kappa shape index (κ2) is 9.79. The number of benzene rings is 2. The monoisotopic (exact) mass is 468 g/mol. The normalized spacial score (nSPS) is 15.3. The highest BCUT2D eigenvalue weighted by molar-refractivity contribution is 7.98. The molecule has 0 bridgehead atoms. The number of carbonyl (C=O) groups excluding carboxylic acids is 1. The van der Waals surface area contributed by atoms with Crippen LogP contribution in [0.15, 0.2) is 65.0 Å².